The van der Waals surface area contributed by atoms with E-state index in [1.807, 2.05) is 12.3 Å². The Morgan fingerprint density at radius 1 is 1.10 bits per heavy atom. The molecule has 1 saturated heterocycles. The zero-order chi connectivity index (χ0) is 14.5. The molecule has 1 fully saturated rings. The minimum absolute atomic E-state index is 0.567. The maximum absolute atomic E-state index is 4.44. The number of hydrogen-bond acceptors (Lipinski definition) is 3. The van der Waals surface area contributed by atoms with Crippen molar-refractivity contribution < 1.29 is 0 Å². The minimum atomic E-state index is 0.567. The highest BCUT2D eigenvalue weighted by Gasteiger charge is 2.20. The maximum atomic E-state index is 4.44. The van der Waals surface area contributed by atoms with Crippen LogP contribution in [0.3, 0.4) is 0 Å². The Labute approximate surface area is 127 Å². The fourth-order valence-electron chi connectivity index (χ4n) is 2.98. The van der Waals surface area contributed by atoms with E-state index in [9.17, 15) is 0 Å². The van der Waals surface area contributed by atoms with Crippen LogP contribution in [0.5, 0.6) is 0 Å². The summed E-state index contributed by atoms with van der Waals surface area (Å²) < 4.78 is 0. The second-order valence-electron chi connectivity index (χ2n) is 5.60. The molecular formula is C18H23N3. The number of aryl methyl sites for hydroxylation is 1. The normalized spacial score (nSPS) is 16.0. The number of piperidine rings is 1. The molecule has 0 spiro atoms. The molecule has 0 atom stereocenters. The summed E-state index contributed by atoms with van der Waals surface area (Å²) in [6.45, 7) is 4.36. The van der Waals surface area contributed by atoms with Gasteiger partial charge in [0, 0.05) is 31.0 Å². The van der Waals surface area contributed by atoms with E-state index < -0.39 is 0 Å². The first kappa shape index (κ1) is 13.9. The van der Waals surface area contributed by atoms with Crippen LogP contribution in [0.15, 0.2) is 48.7 Å². The number of aromatic nitrogens is 1. The molecule has 0 radical (unpaired) electrons. The van der Waals surface area contributed by atoms with Gasteiger partial charge in [-0.3, -0.25) is 0 Å². The SMILES string of the molecule is CCc1ccccc1NC1CCN(c2ccccn2)CC1. The van der Waals surface area contributed by atoms with Crippen LogP contribution in [0.1, 0.15) is 25.3 Å². The number of nitrogens with one attached hydrogen (secondary N) is 1. The van der Waals surface area contributed by atoms with Gasteiger partial charge < -0.3 is 10.2 Å². The third-order valence-corrected chi connectivity index (χ3v) is 4.23. The fraction of sp³-hybridized carbons (Fsp3) is 0.389. The third-order valence-electron chi connectivity index (χ3n) is 4.23. The Hall–Kier alpha value is -2.03. The van der Waals surface area contributed by atoms with Gasteiger partial charge in [-0.2, -0.15) is 0 Å². The van der Waals surface area contributed by atoms with Crippen LogP contribution in [-0.4, -0.2) is 24.1 Å². The van der Waals surface area contributed by atoms with Crippen molar-refractivity contribution in [3.63, 3.8) is 0 Å². The van der Waals surface area contributed by atoms with E-state index in [1.54, 1.807) is 0 Å². The number of rotatable bonds is 4. The molecule has 2 heterocycles. The number of anilines is 2. The van der Waals surface area contributed by atoms with E-state index in [-0.39, 0.29) is 0 Å². The molecule has 1 aromatic heterocycles. The summed E-state index contributed by atoms with van der Waals surface area (Å²) in [6, 6.07) is 15.3. The standard InChI is InChI=1S/C18H23N3/c1-2-15-7-3-4-8-17(15)20-16-10-13-21(14-11-16)18-9-5-6-12-19-18/h3-9,12,16,20H,2,10-11,13-14H2,1H3. The van der Waals surface area contributed by atoms with Crippen molar-refractivity contribution in [2.45, 2.75) is 32.2 Å². The lowest BCUT2D eigenvalue weighted by Gasteiger charge is -2.34. The highest BCUT2D eigenvalue weighted by Crippen LogP contribution is 2.22. The lowest BCUT2D eigenvalue weighted by atomic mass is 10.0. The number of nitrogens with zero attached hydrogens (tertiary/aromatic N) is 2. The highest BCUT2D eigenvalue weighted by atomic mass is 15.2. The van der Waals surface area contributed by atoms with E-state index >= 15 is 0 Å². The van der Waals surface area contributed by atoms with Gasteiger partial charge >= 0.3 is 0 Å². The average molecular weight is 281 g/mol. The Kier molecular flexibility index (Phi) is 4.39. The van der Waals surface area contributed by atoms with Gasteiger partial charge in [0.25, 0.3) is 0 Å². The predicted molar refractivity (Wildman–Crippen MR) is 88.9 cm³/mol. The zero-order valence-corrected chi connectivity index (χ0v) is 12.6. The Balaban J connectivity index is 1.59. The molecule has 0 amide bonds. The first-order chi connectivity index (χ1) is 10.4. The zero-order valence-electron chi connectivity index (χ0n) is 12.6. The van der Waals surface area contributed by atoms with Crippen LogP contribution in [0.2, 0.25) is 0 Å². The Morgan fingerprint density at radius 2 is 1.86 bits per heavy atom. The number of benzene rings is 1. The topological polar surface area (TPSA) is 28.2 Å². The van der Waals surface area contributed by atoms with E-state index in [4.69, 9.17) is 0 Å². The third kappa shape index (κ3) is 3.35. The van der Waals surface area contributed by atoms with Gasteiger partial charge in [-0.05, 0) is 43.0 Å². The molecule has 0 aliphatic carbocycles. The first-order valence-corrected chi connectivity index (χ1v) is 7.87. The minimum Gasteiger partial charge on any atom is -0.382 e. The van der Waals surface area contributed by atoms with Crippen molar-refractivity contribution in [3.8, 4) is 0 Å². The van der Waals surface area contributed by atoms with Gasteiger partial charge in [0.15, 0.2) is 0 Å². The molecular weight excluding hydrogens is 258 g/mol. The summed E-state index contributed by atoms with van der Waals surface area (Å²) >= 11 is 0. The smallest absolute Gasteiger partial charge is 0.128 e. The fourth-order valence-corrected chi connectivity index (χ4v) is 2.98. The second kappa shape index (κ2) is 6.61. The van der Waals surface area contributed by atoms with Gasteiger partial charge in [-0.1, -0.05) is 31.2 Å². The van der Waals surface area contributed by atoms with E-state index in [2.05, 4.69) is 58.5 Å². The van der Waals surface area contributed by atoms with Crippen molar-refractivity contribution in [2.75, 3.05) is 23.3 Å². The van der Waals surface area contributed by atoms with Crippen LogP contribution in [0.25, 0.3) is 0 Å². The summed E-state index contributed by atoms with van der Waals surface area (Å²) in [4.78, 5) is 6.82. The molecule has 1 aromatic carbocycles. The summed E-state index contributed by atoms with van der Waals surface area (Å²) in [7, 11) is 0. The molecule has 110 valence electrons. The lowest BCUT2D eigenvalue weighted by molar-refractivity contribution is 0.523. The van der Waals surface area contributed by atoms with Crippen LogP contribution in [0, 0.1) is 0 Å². The van der Waals surface area contributed by atoms with Crippen LogP contribution >= 0.6 is 0 Å². The molecule has 0 saturated carbocycles. The Morgan fingerprint density at radius 3 is 2.57 bits per heavy atom. The number of hydrogen-bond donors (Lipinski definition) is 1. The van der Waals surface area contributed by atoms with Crippen molar-refractivity contribution in [1.82, 2.24) is 4.98 Å². The van der Waals surface area contributed by atoms with Gasteiger partial charge in [-0.25, -0.2) is 4.98 Å². The molecule has 1 aliphatic heterocycles. The lowest BCUT2D eigenvalue weighted by Crippen LogP contribution is -2.39. The van der Waals surface area contributed by atoms with Gasteiger partial charge in [0.05, 0.1) is 0 Å². The number of pyridine rings is 1. The van der Waals surface area contributed by atoms with Crippen LogP contribution in [-0.2, 0) is 6.42 Å². The van der Waals surface area contributed by atoms with E-state index in [1.165, 1.54) is 11.3 Å². The highest BCUT2D eigenvalue weighted by molar-refractivity contribution is 5.52. The van der Waals surface area contributed by atoms with Crippen LogP contribution in [0.4, 0.5) is 11.5 Å². The number of para-hydroxylation sites is 1. The molecule has 0 bridgehead atoms. The monoisotopic (exact) mass is 281 g/mol. The molecule has 3 heteroatoms. The molecule has 21 heavy (non-hydrogen) atoms. The van der Waals surface area contributed by atoms with Crippen molar-refractivity contribution in [1.29, 1.82) is 0 Å². The molecule has 3 rings (SSSR count). The first-order valence-electron chi connectivity index (χ1n) is 7.87. The second-order valence-corrected chi connectivity index (χ2v) is 5.60. The molecule has 1 aliphatic rings. The van der Waals surface area contributed by atoms with E-state index in [0.717, 1.165) is 38.2 Å². The van der Waals surface area contributed by atoms with Crippen molar-refractivity contribution >= 4 is 11.5 Å². The molecule has 3 nitrogen and oxygen atoms in total. The van der Waals surface area contributed by atoms with Crippen LogP contribution < -0.4 is 10.2 Å². The summed E-state index contributed by atoms with van der Waals surface area (Å²) in [5, 5.41) is 3.73. The van der Waals surface area contributed by atoms with Gasteiger partial charge in [0.1, 0.15) is 5.82 Å². The average Bonchev–Trinajstić information content (AvgIpc) is 2.57. The van der Waals surface area contributed by atoms with Crippen molar-refractivity contribution in [3.05, 3.63) is 54.2 Å². The summed E-state index contributed by atoms with van der Waals surface area (Å²) in [5.74, 6) is 1.10. The van der Waals surface area contributed by atoms with Gasteiger partial charge in [-0.15, -0.1) is 0 Å². The largest absolute Gasteiger partial charge is 0.382 e. The van der Waals surface area contributed by atoms with E-state index in [0.29, 0.717) is 6.04 Å². The van der Waals surface area contributed by atoms with Gasteiger partial charge in [0.2, 0.25) is 0 Å². The van der Waals surface area contributed by atoms with Crippen molar-refractivity contribution in [2.24, 2.45) is 0 Å². The predicted octanol–water partition coefficient (Wildman–Crippen LogP) is 3.72. The molecule has 2 aromatic rings. The Bertz CT molecular complexity index is 560. The summed E-state index contributed by atoms with van der Waals surface area (Å²) in [6.07, 6.45) is 5.27. The molecule has 0 unspecified atom stereocenters. The maximum Gasteiger partial charge on any atom is 0.128 e. The quantitative estimate of drug-likeness (QED) is 0.925. The summed E-state index contributed by atoms with van der Waals surface area (Å²) in [5.41, 5.74) is 2.71. The molecule has 1 N–H and O–H groups in total.